The summed E-state index contributed by atoms with van der Waals surface area (Å²) in [5.74, 6) is 0.917. The Labute approximate surface area is 127 Å². The van der Waals surface area contributed by atoms with Crippen molar-refractivity contribution in [1.82, 2.24) is 0 Å². The van der Waals surface area contributed by atoms with E-state index in [9.17, 15) is 0 Å². The van der Waals surface area contributed by atoms with Gasteiger partial charge in [-0.05, 0) is 49.1 Å². The van der Waals surface area contributed by atoms with Gasteiger partial charge in [-0.15, -0.1) is 0 Å². The topological polar surface area (TPSA) is 35.2 Å². The molecule has 2 aromatic carbocycles. The average molecular weight is 283 g/mol. The molecule has 0 aromatic heterocycles. The second-order valence-corrected chi connectivity index (χ2v) is 5.61. The number of ether oxygens (including phenoxy) is 1. The Bertz CT molecular complexity index is 575. The highest BCUT2D eigenvalue weighted by molar-refractivity contribution is 5.40. The highest BCUT2D eigenvalue weighted by Crippen LogP contribution is 2.25. The summed E-state index contributed by atoms with van der Waals surface area (Å²) < 4.78 is 5.69. The maximum absolute atomic E-state index is 6.40. The quantitative estimate of drug-likeness (QED) is 0.790. The third kappa shape index (κ3) is 4.08. The molecule has 0 aliphatic rings. The first-order valence-corrected chi connectivity index (χ1v) is 7.67. The lowest BCUT2D eigenvalue weighted by atomic mass is 9.94. The number of aryl methyl sites for hydroxylation is 2. The number of benzene rings is 2. The Morgan fingerprint density at radius 3 is 2.38 bits per heavy atom. The fraction of sp³-hybridized carbons (Fsp3) is 0.368. The van der Waals surface area contributed by atoms with Crippen molar-refractivity contribution in [3.05, 3.63) is 64.7 Å². The van der Waals surface area contributed by atoms with Gasteiger partial charge in [0.05, 0.1) is 12.6 Å². The summed E-state index contributed by atoms with van der Waals surface area (Å²) in [6.45, 7) is 7.16. The molecule has 2 aromatic rings. The molecule has 112 valence electrons. The molecule has 1 atom stereocenters. The van der Waals surface area contributed by atoms with E-state index in [1.54, 1.807) is 0 Å². The van der Waals surface area contributed by atoms with Gasteiger partial charge in [-0.3, -0.25) is 0 Å². The van der Waals surface area contributed by atoms with E-state index >= 15 is 0 Å². The van der Waals surface area contributed by atoms with E-state index in [0.717, 1.165) is 30.8 Å². The monoisotopic (exact) mass is 283 g/mol. The third-order valence-electron chi connectivity index (χ3n) is 3.77. The minimum absolute atomic E-state index is 0.0877. The molecule has 0 spiro atoms. The van der Waals surface area contributed by atoms with Crippen LogP contribution in [0.3, 0.4) is 0 Å². The second kappa shape index (κ2) is 7.28. The van der Waals surface area contributed by atoms with E-state index < -0.39 is 0 Å². The molecule has 1 unspecified atom stereocenters. The molecule has 0 fully saturated rings. The Morgan fingerprint density at radius 1 is 1.05 bits per heavy atom. The molecule has 0 bridgehead atoms. The summed E-state index contributed by atoms with van der Waals surface area (Å²) in [4.78, 5) is 0. The maximum Gasteiger partial charge on any atom is 0.119 e. The van der Waals surface area contributed by atoms with Crippen molar-refractivity contribution in [2.45, 2.75) is 39.7 Å². The van der Waals surface area contributed by atoms with Crippen molar-refractivity contribution in [3.63, 3.8) is 0 Å². The molecule has 0 heterocycles. The molecule has 0 aliphatic heterocycles. The number of hydrogen-bond donors (Lipinski definition) is 1. The molecule has 2 nitrogen and oxygen atoms in total. The van der Waals surface area contributed by atoms with Gasteiger partial charge in [0.1, 0.15) is 5.75 Å². The lowest BCUT2D eigenvalue weighted by molar-refractivity contribution is 0.309. The molecule has 2 heteroatoms. The predicted octanol–water partition coefficient (Wildman–Crippen LogP) is 4.53. The highest BCUT2D eigenvalue weighted by Gasteiger charge is 2.11. The van der Waals surface area contributed by atoms with E-state index in [1.165, 1.54) is 16.7 Å². The van der Waals surface area contributed by atoms with E-state index in [4.69, 9.17) is 10.5 Å². The van der Waals surface area contributed by atoms with Crippen LogP contribution in [-0.4, -0.2) is 6.61 Å². The van der Waals surface area contributed by atoms with Gasteiger partial charge in [-0.1, -0.05) is 49.2 Å². The molecular weight excluding hydrogens is 258 g/mol. The predicted molar refractivity (Wildman–Crippen MR) is 88.8 cm³/mol. The molecule has 0 saturated heterocycles. The fourth-order valence-corrected chi connectivity index (χ4v) is 2.46. The van der Waals surface area contributed by atoms with Crippen LogP contribution < -0.4 is 10.5 Å². The van der Waals surface area contributed by atoms with Gasteiger partial charge >= 0.3 is 0 Å². The smallest absolute Gasteiger partial charge is 0.119 e. The summed E-state index contributed by atoms with van der Waals surface area (Å²) in [7, 11) is 0. The zero-order chi connectivity index (χ0) is 15.2. The SMILES string of the molecule is CCCCOc1ccc(C(N)c2ccc(C)cc2C)cc1. The number of rotatable bonds is 6. The number of unbranched alkanes of at least 4 members (excludes halogenated alkanes) is 1. The van der Waals surface area contributed by atoms with Gasteiger partial charge in [0.2, 0.25) is 0 Å². The van der Waals surface area contributed by atoms with Gasteiger partial charge in [0.15, 0.2) is 0 Å². The van der Waals surface area contributed by atoms with E-state index in [2.05, 4.69) is 51.1 Å². The van der Waals surface area contributed by atoms with Gasteiger partial charge in [0.25, 0.3) is 0 Å². The first kappa shape index (κ1) is 15.6. The second-order valence-electron chi connectivity index (χ2n) is 5.61. The number of nitrogens with two attached hydrogens (primary N) is 1. The van der Waals surface area contributed by atoms with Crippen LogP contribution in [0.2, 0.25) is 0 Å². The molecule has 0 amide bonds. The zero-order valence-electron chi connectivity index (χ0n) is 13.2. The summed E-state index contributed by atoms with van der Waals surface area (Å²) in [6, 6.07) is 14.5. The summed E-state index contributed by atoms with van der Waals surface area (Å²) in [5.41, 5.74) is 11.2. The van der Waals surface area contributed by atoms with Crippen LogP contribution in [0.4, 0.5) is 0 Å². The van der Waals surface area contributed by atoms with Crippen molar-refractivity contribution < 1.29 is 4.74 Å². The van der Waals surface area contributed by atoms with Crippen LogP contribution >= 0.6 is 0 Å². The van der Waals surface area contributed by atoms with Crippen molar-refractivity contribution in [2.24, 2.45) is 5.73 Å². The van der Waals surface area contributed by atoms with Gasteiger partial charge in [-0.2, -0.15) is 0 Å². The minimum atomic E-state index is -0.0877. The molecular formula is C19H25NO. The highest BCUT2D eigenvalue weighted by atomic mass is 16.5. The molecule has 0 radical (unpaired) electrons. The van der Waals surface area contributed by atoms with Crippen molar-refractivity contribution >= 4 is 0 Å². The Kier molecular flexibility index (Phi) is 5.40. The first-order chi connectivity index (χ1) is 10.1. The molecule has 2 rings (SSSR count). The lowest BCUT2D eigenvalue weighted by Crippen LogP contribution is -2.13. The fourth-order valence-electron chi connectivity index (χ4n) is 2.46. The van der Waals surface area contributed by atoms with Crippen molar-refractivity contribution in [2.75, 3.05) is 6.61 Å². The van der Waals surface area contributed by atoms with Crippen LogP contribution in [0, 0.1) is 13.8 Å². The van der Waals surface area contributed by atoms with Gasteiger partial charge < -0.3 is 10.5 Å². The van der Waals surface area contributed by atoms with Crippen LogP contribution in [0.1, 0.15) is 48.1 Å². The Morgan fingerprint density at radius 2 is 1.76 bits per heavy atom. The Hall–Kier alpha value is -1.80. The first-order valence-electron chi connectivity index (χ1n) is 7.67. The van der Waals surface area contributed by atoms with E-state index in [1.807, 2.05) is 12.1 Å². The lowest BCUT2D eigenvalue weighted by Gasteiger charge is -2.16. The van der Waals surface area contributed by atoms with E-state index in [0.29, 0.717) is 0 Å². The van der Waals surface area contributed by atoms with Crippen molar-refractivity contribution in [1.29, 1.82) is 0 Å². The average Bonchev–Trinajstić information content (AvgIpc) is 2.48. The van der Waals surface area contributed by atoms with Crippen LogP contribution in [0.15, 0.2) is 42.5 Å². The van der Waals surface area contributed by atoms with Gasteiger partial charge in [-0.25, -0.2) is 0 Å². The third-order valence-corrected chi connectivity index (χ3v) is 3.77. The summed E-state index contributed by atoms with van der Waals surface area (Å²) in [5, 5.41) is 0. The van der Waals surface area contributed by atoms with Crippen LogP contribution in [0.5, 0.6) is 5.75 Å². The largest absolute Gasteiger partial charge is 0.494 e. The van der Waals surface area contributed by atoms with Crippen LogP contribution in [-0.2, 0) is 0 Å². The van der Waals surface area contributed by atoms with Crippen LogP contribution in [0.25, 0.3) is 0 Å². The normalized spacial score (nSPS) is 12.2. The molecule has 0 saturated carbocycles. The standard InChI is InChI=1S/C19H25NO/c1-4-5-12-21-17-9-7-16(8-10-17)19(20)18-11-6-14(2)13-15(18)3/h6-11,13,19H,4-5,12,20H2,1-3H3. The Balaban J connectivity index is 2.10. The molecule has 0 aliphatic carbocycles. The zero-order valence-corrected chi connectivity index (χ0v) is 13.2. The maximum atomic E-state index is 6.40. The minimum Gasteiger partial charge on any atom is -0.494 e. The summed E-state index contributed by atoms with van der Waals surface area (Å²) >= 11 is 0. The summed E-state index contributed by atoms with van der Waals surface area (Å²) in [6.07, 6.45) is 2.24. The van der Waals surface area contributed by atoms with Crippen molar-refractivity contribution in [3.8, 4) is 5.75 Å². The molecule has 2 N–H and O–H groups in total. The van der Waals surface area contributed by atoms with E-state index in [-0.39, 0.29) is 6.04 Å². The van der Waals surface area contributed by atoms with Gasteiger partial charge in [0, 0.05) is 0 Å². The number of hydrogen-bond acceptors (Lipinski definition) is 2. The molecule has 21 heavy (non-hydrogen) atoms.